The Kier molecular flexibility index (Phi) is 4.15. The van der Waals surface area contributed by atoms with E-state index in [1.807, 2.05) is 6.07 Å². The second-order valence-corrected chi connectivity index (χ2v) is 6.00. The third-order valence-corrected chi connectivity index (χ3v) is 4.32. The number of carbonyl (C=O) groups is 1. The lowest BCUT2D eigenvalue weighted by atomic mass is 9.89. The number of aryl methyl sites for hydroxylation is 1. The van der Waals surface area contributed by atoms with Crippen LogP contribution in [0.1, 0.15) is 66.3 Å². The molecule has 1 fully saturated rings. The van der Waals surface area contributed by atoms with Crippen LogP contribution in [0.2, 0.25) is 0 Å². The molecule has 2 N–H and O–H groups in total. The molecule has 0 saturated heterocycles. The van der Waals surface area contributed by atoms with Crippen LogP contribution in [0.3, 0.4) is 0 Å². The van der Waals surface area contributed by atoms with Gasteiger partial charge in [0.05, 0.1) is 5.56 Å². The first-order valence-corrected chi connectivity index (χ1v) is 7.85. The molecule has 1 aliphatic rings. The first-order valence-electron chi connectivity index (χ1n) is 7.85. The second-order valence-electron chi connectivity index (χ2n) is 6.00. The number of nitriles is 1. The average molecular weight is 313 g/mol. The Hall–Kier alpha value is -2.62. The van der Waals surface area contributed by atoms with Crippen molar-refractivity contribution in [3.8, 4) is 6.07 Å². The molecule has 2 heterocycles. The Morgan fingerprint density at radius 3 is 2.70 bits per heavy atom. The van der Waals surface area contributed by atoms with E-state index in [0.29, 0.717) is 23.0 Å². The van der Waals surface area contributed by atoms with Crippen LogP contribution in [0, 0.1) is 18.3 Å². The lowest BCUT2D eigenvalue weighted by Crippen LogP contribution is -2.46. The van der Waals surface area contributed by atoms with Gasteiger partial charge in [-0.1, -0.05) is 30.8 Å². The van der Waals surface area contributed by atoms with Gasteiger partial charge in [-0.05, 0) is 18.9 Å². The number of aromatic nitrogens is 3. The minimum Gasteiger partial charge on any atom is -0.356 e. The summed E-state index contributed by atoms with van der Waals surface area (Å²) >= 11 is 0. The molecule has 0 aromatic carbocycles. The third kappa shape index (κ3) is 3.11. The highest BCUT2D eigenvalue weighted by molar-refractivity contribution is 5.93. The molecule has 3 rings (SSSR count). The normalized spacial score (nSPS) is 17.2. The number of nitrogens with one attached hydrogen (secondary N) is 2. The molecule has 7 heteroatoms. The number of nitrogens with zero attached hydrogens (tertiary/aromatic N) is 3. The predicted molar refractivity (Wildman–Crippen MR) is 81.4 cm³/mol. The smallest absolute Gasteiger partial charge is 0.268 e. The fourth-order valence-corrected chi connectivity index (χ4v) is 3.10. The first-order chi connectivity index (χ1) is 11.1. The maximum atomic E-state index is 12.6. The molecule has 1 amide bonds. The minimum absolute atomic E-state index is 0.254. The molecule has 23 heavy (non-hydrogen) atoms. The van der Waals surface area contributed by atoms with Gasteiger partial charge in [0.1, 0.15) is 17.3 Å². The fourth-order valence-electron chi connectivity index (χ4n) is 3.10. The summed E-state index contributed by atoms with van der Waals surface area (Å²) in [6, 6.07) is 3.55. The molecule has 7 nitrogen and oxygen atoms in total. The van der Waals surface area contributed by atoms with Crippen molar-refractivity contribution in [2.75, 3.05) is 0 Å². The summed E-state index contributed by atoms with van der Waals surface area (Å²) in [6.07, 6.45) is 7.36. The van der Waals surface area contributed by atoms with E-state index in [0.717, 1.165) is 38.5 Å². The summed E-state index contributed by atoms with van der Waals surface area (Å²) in [5, 5.41) is 16.0. The number of hydrogen-bond acceptors (Lipinski definition) is 5. The van der Waals surface area contributed by atoms with Crippen molar-refractivity contribution < 1.29 is 9.32 Å². The van der Waals surface area contributed by atoms with Crippen molar-refractivity contribution in [1.29, 1.82) is 5.26 Å². The number of H-pyrrole nitrogens is 1. The summed E-state index contributed by atoms with van der Waals surface area (Å²) in [6.45, 7) is 1.74. The fraction of sp³-hybridized carbons (Fsp3) is 0.500. The van der Waals surface area contributed by atoms with Gasteiger partial charge in [-0.2, -0.15) is 10.2 Å². The third-order valence-electron chi connectivity index (χ3n) is 4.32. The highest BCUT2D eigenvalue weighted by Gasteiger charge is 2.39. The lowest BCUT2D eigenvalue weighted by Gasteiger charge is -2.30. The summed E-state index contributed by atoms with van der Waals surface area (Å²) in [5.41, 5.74) is 0.189. The van der Waals surface area contributed by atoms with E-state index in [1.165, 1.54) is 6.20 Å². The molecular weight excluding hydrogens is 294 g/mol. The molecule has 2 aromatic heterocycles. The molecule has 0 atom stereocenters. The largest absolute Gasteiger partial charge is 0.356 e. The molecule has 120 valence electrons. The Labute approximate surface area is 134 Å². The van der Waals surface area contributed by atoms with Gasteiger partial charge in [-0.15, -0.1) is 0 Å². The molecule has 0 aliphatic heterocycles. The Morgan fingerprint density at radius 2 is 2.13 bits per heavy atom. The number of rotatable bonds is 3. The van der Waals surface area contributed by atoms with Crippen molar-refractivity contribution in [3.63, 3.8) is 0 Å². The molecule has 1 aliphatic carbocycles. The van der Waals surface area contributed by atoms with E-state index in [9.17, 15) is 4.79 Å². The second kappa shape index (κ2) is 6.24. The van der Waals surface area contributed by atoms with Crippen LogP contribution in [0.5, 0.6) is 0 Å². The maximum Gasteiger partial charge on any atom is 0.268 e. The zero-order valence-corrected chi connectivity index (χ0v) is 13.1. The van der Waals surface area contributed by atoms with Crippen LogP contribution in [0.25, 0.3) is 0 Å². The number of carbonyl (C=O) groups excluding carboxylic acids is 1. The van der Waals surface area contributed by atoms with Crippen molar-refractivity contribution in [3.05, 3.63) is 35.2 Å². The standard InChI is InChI=1S/C16H19N5O2/c1-11-19-15(21-23-11)16(6-4-2-3-5-7-16)20-14(22)13-8-12(9-17)10-18-13/h8,10,18H,2-7H2,1H3,(H,20,22). The van der Waals surface area contributed by atoms with Crippen LogP contribution in [-0.2, 0) is 5.54 Å². The van der Waals surface area contributed by atoms with Crippen molar-refractivity contribution in [2.45, 2.75) is 51.0 Å². The highest BCUT2D eigenvalue weighted by Crippen LogP contribution is 2.34. The number of amides is 1. The van der Waals surface area contributed by atoms with E-state index in [4.69, 9.17) is 9.78 Å². The Balaban J connectivity index is 1.89. The molecule has 1 saturated carbocycles. The van der Waals surface area contributed by atoms with Crippen LogP contribution >= 0.6 is 0 Å². The zero-order valence-electron chi connectivity index (χ0n) is 13.1. The van der Waals surface area contributed by atoms with Gasteiger partial charge in [-0.25, -0.2) is 0 Å². The summed E-state index contributed by atoms with van der Waals surface area (Å²) in [5.74, 6) is 0.776. The topological polar surface area (TPSA) is 108 Å². The molecule has 0 spiro atoms. The summed E-state index contributed by atoms with van der Waals surface area (Å²) in [7, 11) is 0. The van der Waals surface area contributed by atoms with Crippen molar-refractivity contribution >= 4 is 5.91 Å². The Bertz CT molecular complexity index is 732. The van der Waals surface area contributed by atoms with Gasteiger partial charge < -0.3 is 14.8 Å². The average Bonchev–Trinajstić information content (AvgIpc) is 3.13. The number of aromatic amines is 1. The van der Waals surface area contributed by atoms with Crippen LogP contribution in [-0.4, -0.2) is 21.0 Å². The zero-order chi connectivity index (χ0) is 16.3. The van der Waals surface area contributed by atoms with Crippen LogP contribution in [0.4, 0.5) is 0 Å². The van der Waals surface area contributed by atoms with E-state index >= 15 is 0 Å². The molecule has 2 aromatic rings. The maximum absolute atomic E-state index is 12.6. The van der Waals surface area contributed by atoms with E-state index < -0.39 is 5.54 Å². The molecule has 0 unspecified atom stereocenters. The predicted octanol–water partition coefficient (Wildman–Crippen LogP) is 2.56. The van der Waals surface area contributed by atoms with E-state index in [1.54, 1.807) is 13.0 Å². The van der Waals surface area contributed by atoms with E-state index in [-0.39, 0.29) is 5.91 Å². The lowest BCUT2D eigenvalue weighted by molar-refractivity contribution is 0.0872. The van der Waals surface area contributed by atoms with Crippen molar-refractivity contribution in [2.24, 2.45) is 0 Å². The van der Waals surface area contributed by atoms with Crippen LogP contribution < -0.4 is 5.32 Å². The number of hydrogen-bond donors (Lipinski definition) is 2. The van der Waals surface area contributed by atoms with Crippen LogP contribution in [0.15, 0.2) is 16.8 Å². The highest BCUT2D eigenvalue weighted by atomic mass is 16.5. The molecular formula is C16H19N5O2. The quantitative estimate of drug-likeness (QED) is 0.847. The molecule has 0 bridgehead atoms. The van der Waals surface area contributed by atoms with Crippen molar-refractivity contribution in [1.82, 2.24) is 20.4 Å². The summed E-state index contributed by atoms with van der Waals surface area (Å²) in [4.78, 5) is 19.8. The van der Waals surface area contributed by atoms with E-state index in [2.05, 4.69) is 20.4 Å². The first kappa shape index (κ1) is 15.3. The molecule has 0 radical (unpaired) electrons. The Morgan fingerprint density at radius 1 is 1.39 bits per heavy atom. The van der Waals surface area contributed by atoms with Gasteiger partial charge in [0, 0.05) is 13.1 Å². The van der Waals surface area contributed by atoms with Gasteiger partial charge in [0.15, 0.2) is 5.82 Å². The summed E-state index contributed by atoms with van der Waals surface area (Å²) < 4.78 is 5.13. The SMILES string of the molecule is Cc1nc(C2(NC(=O)c3cc(C#N)c[nH]3)CCCCCC2)no1. The monoisotopic (exact) mass is 313 g/mol. The van der Waals surface area contributed by atoms with Gasteiger partial charge >= 0.3 is 0 Å². The van der Waals surface area contributed by atoms with Gasteiger partial charge in [0.25, 0.3) is 5.91 Å². The minimum atomic E-state index is -0.608. The van der Waals surface area contributed by atoms with Gasteiger partial charge in [0.2, 0.25) is 5.89 Å². The van der Waals surface area contributed by atoms with Gasteiger partial charge in [-0.3, -0.25) is 4.79 Å².